The second kappa shape index (κ2) is 6.48. The van der Waals surface area contributed by atoms with E-state index in [9.17, 15) is 14.0 Å². The number of hydrogen-bond acceptors (Lipinski definition) is 4. The Kier molecular flexibility index (Phi) is 4.67. The number of benzene rings is 1. The fraction of sp³-hybridized carbons (Fsp3) is 0.267. The fourth-order valence-corrected chi connectivity index (χ4v) is 2.00. The Labute approximate surface area is 126 Å². The number of rotatable bonds is 4. The van der Waals surface area contributed by atoms with Gasteiger partial charge in [0.25, 0.3) is 5.91 Å². The van der Waals surface area contributed by atoms with Gasteiger partial charge in [0.05, 0.1) is 6.61 Å². The Bertz CT molecular complexity index is 758. The lowest BCUT2D eigenvalue weighted by Gasteiger charge is -2.16. The topological polar surface area (TPSA) is 75.4 Å². The molecule has 0 aliphatic rings. The first kappa shape index (κ1) is 15.8. The molecule has 22 heavy (non-hydrogen) atoms. The van der Waals surface area contributed by atoms with Gasteiger partial charge in [-0.3, -0.25) is 9.59 Å². The molecule has 7 heteroatoms. The van der Waals surface area contributed by atoms with Crippen molar-refractivity contribution in [2.75, 3.05) is 20.2 Å². The SMILES string of the molecule is Cc1cc(=O)c(C(=O)N(C)CCO)nn1-c1ccccc1F. The van der Waals surface area contributed by atoms with Gasteiger partial charge in [-0.15, -0.1) is 0 Å². The number of nitrogens with zero attached hydrogens (tertiary/aromatic N) is 3. The molecule has 0 saturated carbocycles. The summed E-state index contributed by atoms with van der Waals surface area (Å²) in [6, 6.07) is 7.19. The summed E-state index contributed by atoms with van der Waals surface area (Å²) in [5, 5.41) is 12.9. The minimum Gasteiger partial charge on any atom is -0.395 e. The molecule has 1 amide bonds. The Hall–Kier alpha value is -2.54. The van der Waals surface area contributed by atoms with Crippen LogP contribution in [0.25, 0.3) is 5.69 Å². The van der Waals surface area contributed by atoms with Gasteiger partial charge in [-0.05, 0) is 19.1 Å². The first-order valence-corrected chi connectivity index (χ1v) is 6.68. The Balaban J connectivity index is 2.55. The third kappa shape index (κ3) is 3.04. The molecule has 1 N–H and O–H groups in total. The van der Waals surface area contributed by atoms with Crippen molar-refractivity contribution >= 4 is 5.91 Å². The molecule has 0 unspecified atom stereocenters. The zero-order chi connectivity index (χ0) is 16.3. The molecule has 0 aliphatic heterocycles. The molecule has 0 fully saturated rings. The van der Waals surface area contributed by atoms with Gasteiger partial charge in [0, 0.05) is 25.4 Å². The zero-order valence-corrected chi connectivity index (χ0v) is 12.3. The third-order valence-electron chi connectivity index (χ3n) is 3.17. The minimum atomic E-state index is -0.621. The van der Waals surface area contributed by atoms with Gasteiger partial charge in [0.1, 0.15) is 11.5 Å². The van der Waals surface area contributed by atoms with E-state index in [1.54, 1.807) is 13.0 Å². The average molecular weight is 305 g/mol. The van der Waals surface area contributed by atoms with Crippen LogP contribution in [-0.4, -0.2) is 45.9 Å². The van der Waals surface area contributed by atoms with Crippen LogP contribution in [-0.2, 0) is 0 Å². The van der Waals surface area contributed by atoms with Crippen LogP contribution in [0.1, 0.15) is 16.2 Å². The Morgan fingerprint density at radius 3 is 2.73 bits per heavy atom. The van der Waals surface area contributed by atoms with Gasteiger partial charge >= 0.3 is 0 Å². The lowest BCUT2D eigenvalue weighted by molar-refractivity contribution is 0.0757. The van der Waals surface area contributed by atoms with Crippen LogP contribution < -0.4 is 5.43 Å². The van der Waals surface area contributed by atoms with E-state index in [-0.39, 0.29) is 24.5 Å². The minimum absolute atomic E-state index is 0.0769. The van der Waals surface area contributed by atoms with Crippen LogP contribution in [0.3, 0.4) is 0 Å². The van der Waals surface area contributed by atoms with Crippen molar-refractivity contribution in [2.24, 2.45) is 0 Å². The number of likely N-dealkylation sites (N-methyl/N-ethyl adjacent to an activating group) is 1. The summed E-state index contributed by atoms with van der Waals surface area (Å²) in [7, 11) is 1.45. The molecule has 116 valence electrons. The smallest absolute Gasteiger partial charge is 0.278 e. The van der Waals surface area contributed by atoms with Crippen molar-refractivity contribution in [3.05, 3.63) is 57.8 Å². The normalized spacial score (nSPS) is 10.5. The van der Waals surface area contributed by atoms with Gasteiger partial charge in [-0.2, -0.15) is 5.10 Å². The van der Waals surface area contributed by atoms with E-state index in [0.29, 0.717) is 5.69 Å². The van der Waals surface area contributed by atoms with Gasteiger partial charge in [0.15, 0.2) is 5.69 Å². The number of carbonyl (C=O) groups excluding carboxylic acids is 1. The number of halogens is 1. The number of amides is 1. The predicted octanol–water partition coefficient (Wildman–Crippen LogP) is 0.744. The average Bonchev–Trinajstić information content (AvgIpc) is 2.48. The van der Waals surface area contributed by atoms with E-state index in [2.05, 4.69) is 5.10 Å². The lowest BCUT2D eigenvalue weighted by atomic mass is 10.2. The standard InChI is InChI=1S/C15H16FN3O3/c1-10-9-13(21)14(15(22)18(2)7-8-20)17-19(10)12-6-4-3-5-11(12)16/h3-6,9,20H,7-8H2,1-2H3. The molecule has 1 heterocycles. The lowest BCUT2D eigenvalue weighted by Crippen LogP contribution is -2.35. The Morgan fingerprint density at radius 2 is 2.09 bits per heavy atom. The summed E-state index contributed by atoms with van der Waals surface area (Å²) >= 11 is 0. The molecule has 2 rings (SSSR count). The summed E-state index contributed by atoms with van der Waals surface area (Å²) in [4.78, 5) is 25.3. The van der Waals surface area contributed by atoms with Crippen LogP contribution in [0.5, 0.6) is 0 Å². The highest BCUT2D eigenvalue weighted by Gasteiger charge is 2.19. The highest BCUT2D eigenvalue weighted by molar-refractivity contribution is 5.91. The second-order valence-electron chi connectivity index (χ2n) is 4.81. The highest BCUT2D eigenvalue weighted by Crippen LogP contribution is 2.13. The largest absolute Gasteiger partial charge is 0.395 e. The molecule has 0 aliphatic carbocycles. The number of carbonyl (C=O) groups is 1. The summed E-state index contributed by atoms with van der Waals surface area (Å²) in [6.07, 6.45) is 0. The number of hydrogen-bond donors (Lipinski definition) is 1. The van der Waals surface area contributed by atoms with E-state index in [1.165, 1.54) is 40.9 Å². The van der Waals surface area contributed by atoms with Crippen LogP contribution in [0.15, 0.2) is 35.1 Å². The number of aromatic nitrogens is 2. The molecular weight excluding hydrogens is 289 g/mol. The third-order valence-corrected chi connectivity index (χ3v) is 3.17. The number of aliphatic hydroxyl groups excluding tert-OH is 1. The quantitative estimate of drug-likeness (QED) is 0.904. The summed E-state index contributed by atoms with van der Waals surface area (Å²) in [6.45, 7) is 1.45. The predicted molar refractivity (Wildman–Crippen MR) is 78.6 cm³/mol. The number of para-hydroxylation sites is 1. The summed E-state index contributed by atoms with van der Waals surface area (Å²) in [5.74, 6) is -1.13. The van der Waals surface area contributed by atoms with Crippen LogP contribution in [0.2, 0.25) is 0 Å². The molecule has 0 atom stereocenters. The van der Waals surface area contributed by atoms with Gasteiger partial charge < -0.3 is 10.0 Å². The maximum Gasteiger partial charge on any atom is 0.278 e. The van der Waals surface area contributed by atoms with E-state index in [1.807, 2.05) is 0 Å². The molecule has 0 spiro atoms. The molecule has 1 aromatic carbocycles. The van der Waals surface area contributed by atoms with E-state index in [4.69, 9.17) is 5.11 Å². The van der Waals surface area contributed by atoms with E-state index in [0.717, 1.165) is 0 Å². The van der Waals surface area contributed by atoms with Crippen molar-refractivity contribution in [1.82, 2.24) is 14.7 Å². The van der Waals surface area contributed by atoms with Crippen LogP contribution >= 0.6 is 0 Å². The molecule has 2 aromatic rings. The molecule has 0 saturated heterocycles. The second-order valence-corrected chi connectivity index (χ2v) is 4.81. The maximum absolute atomic E-state index is 13.9. The van der Waals surface area contributed by atoms with Crippen molar-refractivity contribution in [3.8, 4) is 5.69 Å². The van der Waals surface area contributed by atoms with Crippen molar-refractivity contribution < 1.29 is 14.3 Å². The maximum atomic E-state index is 13.9. The van der Waals surface area contributed by atoms with Crippen molar-refractivity contribution in [1.29, 1.82) is 0 Å². The first-order valence-electron chi connectivity index (χ1n) is 6.68. The van der Waals surface area contributed by atoms with Crippen molar-refractivity contribution in [2.45, 2.75) is 6.92 Å². The number of aryl methyl sites for hydroxylation is 1. The summed E-state index contributed by atoms with van der Waals surface area (Å²) in [5.41, 5.74) is -0.292. The number of aliphatic hydroxyl groups is 1. The van der Waals surface area contributed by atoms with E-state index >= 15 is 0 Å². The molecule has 6 nitrogen and oxygen atoms in total. The highest BCUT2D eigenvalue weighted by atomic mass is 19.1. The fourth-order valence-electron chi connectivity index (χ4n) is 2.00. The molecule has 0 radical (unpaired) electrons. The van der Waals surface area contributed by atoms with Gasteiger partial charge in [-0.1, -0.05) is 12.1 Å². The first-order chi connectivity index (χ1) is 10.5. The molecule has 0 bridgehead atoms. The monoisotopic (exact) mass is 305 g/mol. The zero-order valence-electron chi connectivity index (χ0n) is 12.3. The van der Waals surface area contributed by atoms with Gasteiger partial charge in [0.2, 0.25) is 5.43 Å². The summed E-state index contributed by atoms with van der Waals surface area (Å²) < 4.78 is 15.1. The molecule has 1 aromatic heterocycles. The Morgan fingerprint density at radius 1 is 1.41 bits per heavy atom. The van der Waals surface area contributed by atoms with Crippen LogP contribution in [0, 0.1) is 12.7 Å². The van der Waals surface area contributed by atoms with Gasteiger partial charge in [-0.25, -0.2) is 9.07 Å². The van der Waals surface area contributed by atoms with Crippen molar-refractivity contribution in [3.63, 3.8) is 0 Å². The van der Waals surface area contributed by atoms with Crippen LogP contribution in [0.4, 0.5) is 4.39 Å². The van der Waals surface area contributed by atoms with E-state index < -0.39 is 17.2 Å². The molecular formula is C15H16FN3O3.